The van der Waals surface area contributed by atoms with Crippen molar-refractivity contribution < 1.29 is 9.13 Å². The van der Waals surface area contributed by atoms with Gasteiger partial charge in [-0.25, -0.2) is 4.39 Å². The molecule has 3 rings (SSSR count). The number of benzene rings is 3. The maximum atomic E-state index is 14.1. The summed E-state index contributed by atoms with van der Waals surface area (Å²) in [6, 6.07) is 16.3. The Morgan fingerprint density at radius 3 is 2.30 bits per heavy atom. The van der Waals surface area contributed by atoms with Crippen molar-refractivity contribution in [1.82, 2.24) is 0 Å². The van der Waals surface area contributed by atoms with E-state index in [2.05, 4.69) is 0 Å². The van der Waals surface area contributed by atoms with Crippen LogP contribution in [0.15, 0.2) is 54.6 Å². The van der Waals surface area contributed by atoms with Crippen molar-refractivity contribution >= 4 is 16.5 Å². The molecule has 0 aliphatic rings. The topological polar surface area (TPSA) is 35.2 Å². The van der Waals surface area contributed by atoms with Crippen molar-refractivity contribution in [2.75, 3.05) is 12.8 Å². The Kier molecular flexibility index (Phi) is 3.03. The van der Waals surface area contributed by atoms with Crippen LogP contribution in [0.4, 0.5) is 10.1 Å². The average Bonchev–Trinajstić information content (AvgIpc) is 2.47. The molecule has 20 heavy (non-hydrogen) atoms. The van der Waals surface area contributed by atoms with Gasteiger partial charge in [0.05, 0.1) is 7.11 Å². The molecule has 2 nitrogen and oxygen atoms in total. The standard InChI is InChI=1S/C17H14FNO/c1-20-17-9-8-13(12-4-2-3-5-15(12)17)14-7-6-11(19)10-16(14)18/h2-10H,19H2,1H3. The van der Waals surface area contributed by atoms with Gasteiger partial charge in [-0.2, -0.15) is 0 Å². The molecule has 0 amide bonds. The first-order valence-corrected chi connectivity index (χ1v) is 6.32. The van der Waals surface area contributed by atoms with Crippen molar-refractivity contribution in [1.29, 1.82) is 0 Å². The number of anilines is 1. The molecule has 0 unspecified atom stereocenters. The molecule has 0 bridgehead atoms. The maximum Gasteiger partial charge on any atom is 0.133 e. The lowest BCUT2D eigenvalue weighted by Crippen LogP contribution is -1.92. The summed E-state index contributed by atoms with van der Waals surface area (Å²) in [7, 11) is 1.63. The molecule has 0 saturated heterocycles. The third-order valence-electron chi connectivity index (χ3n) is 3.39. The molecule has 0 aliphatic carbocycles. The highest BCUT2D eigenvalue weighted by atomic mass is 19.1. The van der Waals surface area contributed by atoms with Gasteiger partial charge in [0.2, 0.25) is 0 Å². The van der Waals surface area contributed by atoms with Gasteiger partial charge in [-0.15, -0.1) is 0 Å². The predicted molar refractivity (Wildman–Crippen MR) is 80.3 cm³/mol. The number of nitrogens with two attached hydrogens (primary N) is 1. The molecule has 0 aliphatic heterocycles. The summed E-state index contributed by atoms with van der Waals surface area (Å²) in [6.07, 6.45) is 0. The molecule has 0 spiro atoms. The van der Waals surface area contributed by atoms with Crippen LogP contribution in [0.5, 0.6) is 5.75 Å². The smallest absolute Gasteiger partial charge is 0.133 e. The minimum absolute atomic E-state index is 0.319. The summed E-state index contributed by atoms with van der Waals surface area (Å²) in [5.41, 5.74) is 7.40. The van der Waals surface area contributed by atoms with Crippen LogP contribution in [0.1, 0.15) is 0 Å². The summed E-state index contributed by atoms with van der Waals surface area (Å²) in [5.74, 6) is 0.459. The van der Waals surface area contributed by atoms with Crippen LogP contribution in [-0.4, -0.2) is 7.11 Å². The first-order chi connectivity index (χ1) is 9.70. The Morgan fingerprint density at radius 2 is 1.60 bits per heavy atom. The molecule has 0 fully saturated rings. The Morgan fingerprint density at radius 1 is 0.900 bits per heavy atom. The van der Waals surface area contributed by atoms with Crippen LogP contribution >= 0.6 is 0 Å². The highest BCUT2D eigenvalue weighted by Crippen LogP contribution is 2.35. The van der Waals surface area contributed by atoms with Crippen LogP contribution < -0.4 is 10.5 Å². The monoisotopic (exact) mass is 267 g/mol. The Labute approximate surface area is 116 Å². The Hall–Kier alpha value is -2.55. The number of hydrogen-bond acceptors (Lipinski definition) is 2. The minimum Gasteiger partial charge on any atom is -0.496 e. The molecule has 0 heterocycles. The molecule has 2 N–H and O–H groups in total. The summed E-state index contributed by atoms with van der Waals surface area (Å²) in [5, 5.41) is 1.92. The molecule has 0 aromatic heterocycles. The highest BCUT2D eigenvalue weighted by Gasteiger charge is 2.11. The quantitative estimate of drug-likeness (QED) is 0.705. The number of hydrogen-bond donors (Lipinski definition) is 1. The first-order valence-electron chi connectivity index (χ1n) is 6.32. The normalized spacial score (nSPS) is 10.7. The molecule has 3 heteroatoms. The maximum absolute atomic E-state index is 14.1. The van der Waals surface area contributed by atoms with Gasteiger partial charge in [-0.3, -0.25) is 0 Å². The second-order valence-corrected chi connectivity index (χ2v) is 4.60. The van der Waals surface area contributed by atoms with Crippen molar-refractivity contribution in [3.8, 4) is 16.9 Å². The average molecular weight is 267 g/mol. The lowest BCUT2D eigenvalue weighted by molar-refractivity contribution is 0.420. The van der Waals surface area contributed by atoms with Crippen molar-refractivity contribution in [2.45, 2.75) is 0 Å². The van der Waals surface area contributed by atoms with E-state index in [1.54, 1.807) is 19.2 Å². The number of methoxy groups -OCH3 is 1. The first kappa shape index (κ1) is 12.5. The predicted octanol–water partition coefficient (Wildman–Crippen LogP) is 4.24. The van der Waals surface area contributed by atoms with E-state index in [-0.39, 0.29) is 5.82 Å². The Balaban J connectivity index is 2.32. The number of fused-ring (bicyclic) bond motifs is 1. The van der Waals surface area contributed by atoms with Gasteiger partial charge in [-0.05, 0) is 41.3 Å². The summed E-state index contributed by atoms with van der Waals surface area (Å²) in [6.45, 7) is 0. The summed E-state index contributed by atoms with van der Waals surface area (Å²) in [4.78, 5) is 0. The zero-order chi connectivity index (χ0) is 14.1. The number of rotatable bonds is 2. The second-order valence-electron chi connectivity index (χ2n) is 4.60. The van der Waals surface area contributed by atoms with Gasteiger partial charge in [0, 0.05) is 16.6 Å². The highest BCUT2D eigenvalue weighted by molar-refractivity contribution is 6.00. The van der Waals surface area contributed by atoms with Gasteiger partial charge < -0.3 is 10.5 Å². The molecule has 0 saturated carbocycles. The van der Waals surface area contributed by atoms with E-state index in [1.807, 2.05) is 36.4 Å². The number of ether oxygens (including phenoxy) is 1. The zero-order valence-corrected chi connectivity index (χ0v) is 11.1. The summed E-state index contributed by atoms with van der Waals surface area (Å²) < 4.78 is 19.5. The van der Waals surface area contributed by atoms with Gasteiger partial charge in [0.1, 0.15) is 11.6 Å². The van der Waals surface area contributed by atoms with Crippen LogP contribution in [0.3, 0.4) is 0 Å². The molecule has 100 valence electrons. The molecule has 0 atom stereocenters. The third-order valence-corrected chi connectivity index (χ3v) is 3.39. The molecular formula is C17H14FNO. The van der Waals surface area contributed by atoms with Crippen molar-refractivity contribution in [3.05, 3.63) is 60.4 Å². The van der Waals surface area contributed by atoms with E-state index in [0.717, 1.165) is 22.1 Å². The lowest BCUT2D eigenvalue weighted by atomic mass is 9.97. The SMILES string of the molecule is COc1ccc(-c2ccc(N)cc2F)c2ccccc12. The van der Waals surface area contributed by atoms with Crippen LogP contribution in [0.25, 0.3) is 21.9 Å². The minimum atomic E-state index is -0.319. The van der Waals surface area contributed by atoms with Gasteiger partial charge >= 0.3 is 0 Å². The second kappa shape index (κ2) is 4.85. The largest absolute Gasteiger partial charge is 0.496 e. The number of halogens is 1. The molecular weight excluding hydrogens is 253 g/mol. The van der Waals surface area contributed by atoms with E-state index in [0.29, 0.717) is 11.3 Å². The van der Waals surface area contributed by atoms with Gasteiger partial charge in [0.25, 0.3) is 0 Å². The van der Waals surface area contributed by atoms with Crippen LogP contribution in [0.2, 0.25) is 0 Å². The van der Waals surface area contributed by atoms with Crippen molar-refractivity contribution in [3.63, 3.8) is 0 Å². The van der Waals surface area contributed by atoms with Gasteiger partial charge in [-0.1, -0.05) is 24.3 Å². The van der Waals surface area contributed by atoms with E-state index >= 15 is 0 Å². The third kappa shape index (κ3) is 1.97. The van der Waals surface area contributed by atoms with E-state index in [9.17, 15) is 4.39 Å². The summed E-state index contributed by atoms with van der Waals surface area (Å²) >= 11 is 0. The van der Waals surface area contributed by atoms with Gasteiger partial charge in [0.15, 0.2) is 0 Å². The van der Waals surface area contributed by atoms with Crippen molar-refractivity contribution in [2.24, 2.45) is 0 Å². The molecule has 3 aromatic rings. The molecule has 3 aromatic carbocycles. The zero-order valence-electron chi connectivity index (χ0n) is 11.1. The fraction of sp³-hybridized carbons (Fsp3) is 0.0588. The number of nitrogen functional groups attached to an aromatic ring is 1. The fourth-order valence-electron chi connectivity index (χ4n) is 2.43. The lowest BCUT2D eigenvalue weighted by Gasteiger charge is -2.11. The van der Waals surface area contributed by atoms with Crippen LogP contribution in [0, 0.1) is 5.82 Å². The fourth-order valence-corrected chi connectivity index (χ4v) is 2.43. The van der Waals surface area contributed by atoms with Crippen LogP contribution in [-0.2, 0) is 0 Å². The van der Waals surface area contributed by atoms with E-state index in [1.165, 1.54) is 6.07 Å². The Bertz CT molecular complexity index is 783. The van der Waals surface area contributed by atoms with E-state index in [4.69, 9.17) is 10.5 Å². The van der Waals surface area contributed by atoms with E-state index < -0.39 is 0 Å². The molecule has 0 radical (unpaired) electrons.